The summed E-state index contributed by atoms with van der Waals surface area (Å²) in [5.41, 5.74) is 0. The molecule has 314 valence electrons. The van der Waals surface area contributed by atoms with E-state index in [2.05, 4.69) is 43.5 Å². The van der Waals surface area contributed by atoms with E-state index < -0.39 is 20.0 Å². The van der Waals surface area contributed by atoms with Gasteiger partial charge in [0.25, 0.3) is 7.82 Å². The van der Waals surface area contributed by atoms with Crippen LogP contribution in [0.3, 0.4) is 0 Å². The number of nitrogens with zero attached hydrogens (tertiary/aromatic N) is 1. The van der Waals surface area contributed by atoms with Gasteiger partial charge in [-0.25, -0.2) is 0 Å². The molecule has 0 aliphatic heterocycles. The molecule has 0 radical (unpaired) electrons. The maximum absolute atomic E-state index is 12.9. The van der Waals surface area contributed by atoms with Crippen molar-refractivity contribution in [1.29, 1.82) is 0 Å². The summed E-state index contributed by atoms with van der Waals surface area (Å²) < 4.78 is 23.2. The Morgan fingerprint density at radius 2 is 1.09 bits per heavy atom. The molecule has 0 bridgehead atoms. The molecule has 1 amide bonds. The lowest BCUT2D eigenvalue weighted by Gasteiger charge is -2.30. The summed E-state index contributed by atoms with van der Waals surface area (Å²) in [6.45, 7) is 4.69. The Hall–Kier alpha value is -1.02. The van der Waals surface area contributed by atoms with Crippen LogP contribution < -0.4 is 10.2 Å². The molecule has 8 nitrogen and oxygen atoms in total. The van der Waals surface area contributed by atoms with Crippen LogP contribution in [0.25, 0.3) is 0 Å². The standard InChI is InChI=1S/C44H87N2O6P/c1-6-8-10-12-14-16-18-20-22-23-24-26-28-30-32-34-36-38-44(48)45-42(41-52-53(49,50)51-40-39-46(3,4)5)43(47)37-35-33-31-29-27-25-21-19-17-15-13-11-9-7-2/h14,16,20,22,42-43,47H,6-13,15,17-19,21,23-41H2,1-5H3,(H-,45,48,49,50)/b16-14-,22-20-. The Kier molecular flexibility index (Phi) is 35.9. The number of unbranched alkanes of at least 4 members (excludes halogenated alkanes) is 23. The minimum Gasteiger partial charge on any atom is -0.756 e. The zero-order valence-electron chi connectivity index (χ0n) is 35.5. The van der Waals surface area contributed by atoms with Crippen LogP contribution in [-0.4, -0.2) is 68.5 Å². The van der Waals surface area contributed by atoms with E-state index in [1.165, 1.54) is 122 Å². The van der Waals surface area contributed by atoms with Crippen LogP contribution in [0.5, 0.6) is 0 Å². The van der Waals surface area contributed by atoms with Gasteiger partial charge in [-0.05, 0) is 44.9 Å². The molecule has 0 aliphatic carbocycles. The van der Waals surface area contributed by atoms with Gasteiger partial charge in [-0.3, -0.25) is 9.36 Å². The fourth-order valence-corrected chi connectivity index (χ4v) is 7.09. The first-order chi connectivity index (χ1) is 25.5. The molecular weight excluding hydrogens is 683 g/mol. The van der Waals surface area contributed by atoms with E-state index in [4.69, 9.17) is 9.05 Å². The molecule has 0 fully saturated rings. The number of hydrogen-bond donors (Lipinski definition) is 2. The second kappa shape index (κ2) is 36.6. The maximum Gasteiger partial charge on any atom is 0.268 e. The summed E-state index contributed by atoms with van der Waals surface area (Å²) in [4.78, 5) is 25.3. The summed E-state index contributed by atoms with van der Waals surface area (Å²) in [6.07, 6.45) is 41.7. The van der Waals surface area contributed by atoms with Gasteiger partial charge in [0.15, 0.2) is 0 Å². The van der Waals surface area contributed by atoms with Crippen LogP contribution in [-0.2, 0) is 18.4 Å². The predicted molar refractivity (Wildman–Crippen MR) is 224 cm³/mol. The van der Waals surface area contributed by atoms with Gasteiger partial charge in [-0.15, -0.1) is 0 Å². The van der Waals surface area contributed by atoms with E-state index in [-0.39, 0.29) is 19.1 Å². The van der Waals surface area contributed by atoms with E-state index in [0.717, 1.165) is 51.4 Å². The van der Waals surface area contributed by atoms with Gasteiger partial charge in [-0.1, -0.05) is 173 Å². The molecule has 0 saturated carbocycles. The third kappa shape index (κ3) is 39.0. The van der Waals surface area contributed by atoms with Crippen molar-refractivity contribution in [2.45, 2.75) is 212 Å². The fourth-order valence-electron chi connectivity index (χ4n) is 6.36. The van der Waals surface area contributed by atoms with Gasteiger partial charge in [0.1, 0.15) is 13.2 Å². The highest BCUT2D eigenvalue weighted by Gasteiger charge is 2.24. The molecule has 53 heavy (non-hydrogen) atoms. The quantitative estimate of drug-likeness (QED) is 0.0278. The molecule has 9 heteroatoms. The number of aliphatic hydroxyl groups excluding tert-OH is 1. The molecule has 2 N–H and O–H groups in total. The number of nitrogens with one attached hydrogen (secondary N) is 1. The van der Waals surface area contributed by atoms with Crippen LogP contribution in [0, 0.1) is 0 Å². The first kappa shape index (κ1) is 52.0. The summed E-state index contributed by atoms with van der Waals surface area (Å²) in [5.74, 6) is -0.173. The van der Waals surface area contributed by atoms with E-state index in [0.29, 0.717) is 23.9 Å². The lowest BCUT2D eigenvalue weighted by atomic mass is 10.0. The van der Waals surface area contributed by atoms with Crippen molar-refractivity contribution in [1.82, 2.24) is 5.32 Å². The lowest BCUT2D eigenvalue weighted by Crippen LogP contribution is -2.46. The number of rotatable bonds is 40. The van der Waals surface area contributed by atoms with E-state index in [1.54, 1.807) is 0 Å². The molecular formula is C44H87N2O6P. The Morgan fingerprint density at radius 1 is 0.660 bits per heavy atom. The number of amides is 1. The lowest BCUT2D eigenvalue weighted by molar-refractivity contribution is -0.870. The molecule has 3 unspecified atom stereocenters. The van der Waals surface area contributed by atoms with E-state index >= 15 is 0 Å². The number of carbonyl (C=O) groups excluding carboxylic acids is 1. The van der Waals surface area contributed by atoms with E-state index in [9.17, 15) is 19.4 Å². The third-order valence-corrected chi connectivity index (χ3v) is 10.9. The number of aliphatic hydroxyl groups is 1. The zero-order chi connectivity index (χ0) is 39.3. The van der Waals surface area contributed by atoms with Crippen molar-refractivity contribution >= 4 is 13.7 Å². The van der Waals surface area contributed by atoms with Crippen molar-refractivity contribution in [2.24, 2.45) is 0 Å². The highest BCUT2D eigenvalue weighted by Crippen LogP contribution is 2.38. The summed E-state index contributed by atoms with van der Waals surface area (Å²) in [5, 5.41) is 13.9. The largest absolute Gasteiger partial charge is 0.756 e. The molecule has 0 aliphatic rings. The Bertz CT molecular complexity index is 922. The zero-order valence-corrected chi connectivity index (χ0v) is 36.4. The van der Waals surface area contributed by atoms with Gasteiger partial charge in [0.05, 0.1) is 39.9 Å². The van der Waals surface area contributed by atoms with Crippen LogP contribution in [0.15, 0.2) is 24.3 Å². The number of carbonyl (C=O) groups is 1. The van der Waals surface area contributed by atoms with Gasteiger partial charge >= 0.3 is 0 Å². The van der Waals surface area contributed by atoms with Crippen molar-refractivity contribution in [3.05, 3.63) is 24.3 Å². The summed E-state index contributed by atoms with van der Waals surface area (Å²) in [7, 11) is 1.30. The van der Waals surface area contributed by atoms with Crippen molar-refractivity contribution in [3.63, 3.8) is 0 Å². The van der Waals surface area contributed by atoms with Crippen molar-refractivity contribution < 1.29 is 32.9 Å². The Labute approximate surface area is 328 Å². The van der Waals surface area contributed by atoms with Crippen LogP contribution in [0.2, 0.25) is 0 Å². The number of allylic oxidation sites excluding steroid dienone is 4. The molecule has 0 rings (SSSR count). The number of hydrogen-bond acceptors (Lipinski definition) is 6. The highest BCUT2D eigenvalue weighted by molar-refractivity contribution is 7.45. The number of phosphoric acid groups is 1. The topological polar surface area (TPSA) is 108 Å². The Morgan fingerprint density at radius 3 is 1.60 bits per heavy atom. The second-order valence-corrected chi connectivity index (χ2v) is 17.8. The van der Waals surface area contributed by atoms with Gasteiger partial charge < -0.3 is 28.8 Å². The highest BCUT2D eigenvalue weighted by atomic mass is 31.2. The van der Waals surface area contributed by atoms with Gasteiger partial charge in [0, 0.05) is 6.42 Å². The van der Waals surface area contributed by atoms with Gasteiger partial charge in [0.2, 0.25) is 5.91 Å². The number of likely N-dealkylation sites (N-methyl/N-ethyl adjacent to an activating group) is 1. The minimum atomic E-state index is -4.56. The first-order valence-corrected chi connectivity index (χ1v) is 23.6. The smallest absolute Gasteiger partial charge is 0.268 e. The van der Waals surface area contributed by atoms with Crippen molar-refractivity contribution in [2.75, 3.05) is 40.9 Å². The molecule has 0 aromatic carbocycles. The molecule has 0 saturated heterocycles. The monoisotopic (exact) mass is 771 g/mol. The minimum absolute atomic E-state index is 0.0110. The summed E-state index contributed by atoms with van der Waals surface area (Å²) >= 11 is 0. The van der Waals surface area contributed by atoms with Crippen LogP contribution >= 0.6 is 7.82 Å². The molecule has 0 heterocycles. The molecule has 0 spiro atoms. The third-order valence-electron chi connectivity index (χ3n) is 9.94. The van der Waals surface area contributed by atoms with Crippen molar-refractivity contribution in [3.8, 4) is 0 Å². The average molecular weight is 771 g/mol. The van der Waals surface area contributed by atoms with Gasteiger partial charge in [-0.2, -0.15) is 0 Å². The number of quaternary nitrogens is 1. The predicted octanol–water partition coefficient (Wildman–Crippen LogP) is 11.5. The molecule has 0 aromatic heterocycles. The molecule has 0 aromatic rings. The van der Waals surface area contributed by atoms with Crippen LogP contribution in [0.4, 0.5) is 0 Å². The summed E-state index contributed by atoms with van der Waals surface area (Å²) in [6, 6.07) is -0.801. The van der Waals surface area contributed by atoms with E-state index in [1.807, 2.05) is 21.1 Å². The Balaban J connectivity index is 4.38. The maximum atomic E-state index is 12.9. The second-order valence-electron chi connectivity index (χ2n) is 16.4. The average Bonchev–Trinajstić information content (AvgIpc) is 3.10. The number of phosphoric ester groups is 1. The molecule has 3 atom stereocenters. The van der Waals surface area contributed by atoms with Crippen LogP contribution in [0.1, 0.15) is 200 Å². The SMILES string of the molecule is CCCCC/C=C\C/C=C\CCCCCCCCCC(=O)NC(COP(=O)([O-])OCC[N+](C)(C)C)C(O)CCCCCCCCCCCCCCCC. The fraction of sp³-hybridized carbons (Fsp3) is 0.886. The first-order valence-electron chi connectivity index (χ1n) is 22.2. The normalized spacial score (nSPS) is 14.6.